The minimum atomic E-state index is -0.411. The molecule has 6 nitrogen and oxygen atoms in total. The second-order valence-electron chi connectivity index (χ2n) is 3.64. The molecule has 1 aliphatic rings. The van der Waals surface area contributed by atoms with E-state index in [1.54, 1.807) is 6.92 Å². The first-order valence-corrected chi connectivity index (χ1v) is 4.48. The standard InChI is InChI=1S/C8H12N4O2/c1-5-9-6(12-11-5)7(14)10-8(4-13)2-3-8/h13H,2-4H2,1H3,(H,10,14)(H,9,11,12). The maximum absolute atomic E-state index is 11.5. The Kier molecular flexibility index (Phi) is 1.99. The zero-order chi connectivity index (χ0) is 10.2. The summed E-state index contributed by atoms with van der Waals surface area (Å²) in [5.41, 5.74) is -0.411. The molecule has 76 valence electrons. The first-order chi connectivity index (χ1) is 6.65. The van der Waals surface area contributed by atoms with Crippen molar-refractivity contribution in [3.63, 3.8) is 0 Å². The van der Waals surface area contributed by atoms with Gasteiger partial charge in [0, 0.05) is 0 Å². The minimum absolute atomic E-state index is 0.0256. The lowest BCUT2D eigenvalue weighted by atomic mass is 10.3. The molecule has 6 heteroatoms. The SMILES string of the molecule is Cc1nc(C(=O)NC2(CO)CC2)n[nH]1. The van der Waals surface area contributed by atoms with Crippen LogP contribution in [0.3, 0.4) is 0 Å². The van der Waals surface area contributed by atoms with Crippen LogP contribution in [0.4, 0.5) is 0 Å². The summed E-state index contributed by atoms with van der Waals surface area (Å²) in [6.45, 7) is 1.70. The van der Waals surface area contributed by atoms with Crippen LogP contribution in [0.2, 0.25) is 0 Å². The van der Waals surface area contributed by atoms with Crippen LogP contribution in [0.5, 0.6) is 0 Å². The molecule has 1 saturated carbocycles. The summed E-state index contributed by atoms with van der Waals surface area (Å²) in [4.78, 5) is 15.4. The third-order valence-corrected chi connectivity index (χ3v) is 2.34. The Labute approximate surface area is 80.7 Å². The number of hydrogen-bond donors (Lipinski definition) is 3. The number of aromatic nitrogens is 3. The lowest BCUT2D eigenvalue weighted by Crippen LogP contribution is -2.40. The molecule has 1 aromatic heterocycles. The van der Waals surface area contributed by atoms with E-state index >= 15 is 0 Å². The molecule has 1 aliphatic carbocycles. The predicted molar refractivity (Wildman–Crippen MR) is 47.6 cm³/mol. The Bertz CT molecular complexity index is 356. The van der Waals surface area contributed by atoms with Crippen LogP contribution < -0.4 is 5.32 Å². The average molecular weight is 196 g/mol. The molecule has 0 bridgehead atoms. The van der Waals surface area contributed by atoms with Crippen molar-refractivity contribution in [2.45, 2.75) is 25.3 Å². The largest absolute Gasteiger partial charge is 0.394 e. The molecule has 3 N–H and O–H groups in total. The summed E-state index contributed by atoms with van der Waals surface area (Å²) >= 11 is 0. The number of nitrogens with zero attached hydrogens (tertiary/aromatic N) is 2. The van der Waals surface area contributed by atoms with E-state index in [2.05, 4.69) is 20.5 Å². The number of aromatic amines is 1. The first-order valence-electron chi connectivity index (χ1n) is 4.48. The van der Waals surface area contributed by atoms with E-state index in [4.69, 9.17) is 5.11 Å². The van der Waals surface area contributed by atoms with Crippen LogP contribution in [-0.2, 0) is 0 Å². The number of nitrogens with one attached hydrogen (secondary N) is 2. The van der Waals surface area contributed by atoms with Crippen LogP contribution >= 0.6 is 0 Å². The van der Waals surface area contributed by atoms with Crippen molar-refractivity contribution < 1.29 is 9.90 Å². The number of H-pyrrole nitrogens is 1. The monoisotopic (exact) mass is 196 g/mol. The van der Waals surface area contributed by atoms with Gasteiger partial charge in [0.1, 0.15) is 5.82 Å². The predicted octanol–water partition coefficient (Wildman–Crippen LogP) is -0.632. The van der Waals surface area contributed by atoms with Gasteiger partial charge in [0.25, 0.3) is 5.91 Å². The smallest absolute Gasteiger partial charge is 0.291 e. The maximum atomic E-state index is 11.5. The highest BCUT2D eigenvalue weighted by molar-refractivity contribution is 5.91. The van der Waals surface area contributed by atoms with Crippen molar-refractivity contribution in [1.29, 1.82) is 0 Å². The third kappa shape index (κ3) is 1.60. The Morgan fingerprint density at radius 3 is 2.86 bits per heavy atom. The highest BCUT2D eigenvalue weighted by Crippen LogP contribution is 2.34. The van der Waals surface area contributed by atoms with E-state index in [1.807, 2.05) is 0 Å². The molecule has 0 spiro atoms. The minimum Gasteiger partial charge on any atom is -0.394 e. The zero-order valence-corrected chi connectivity index (χ0v) is 7.87. The van der Waals surface area contributed by atoms with Crippen LogP contribution in [0, 0.1) is 6.92 Å². The van der Waals surface area contributed by atoms with Gasteiger partial charge in [-0.15, -0.1) is 5.10 Å². The van der Waals surface area contributed by atoms with Gasteiger partial charge in [0.05, 0.1) is 12.1 Å². The molecule has 1 heterocycles. The molecule has 0 radical (unpaired) electrons. The molecule has 0 unspecified atom stereocenters. The third-order valence-electron chi connectivity index (χ3n) is 2.34. The Morgan fingerprint density at radius 1 is 1.71 bits per heavy atom. The van der Waals surface area contributed by atoms with E-state index in [1.165, 1.54) is 0 Å². The molecule has 0 aromatic carbocycles. The van der Waals surface area contributed by atoms with E-state index < -0.39 is 5.54 Å². The van der Waals surface area contributed by atoms with E-state index in [0.29, 0.717) is 5.82 Å². The molecule has 0 saturated heterocycles. The number of aliphatic hydroxyl groups excluding tert-OH is 1. The van der Waals surface area contributed by atoms with Gasteiger partial charge >= 0.3 is 0 Å². The number of hydrogen-bond acceptors (Lipinski definition) is 4. The van der Waals surface area contributed by atoms with Gasteiger partial charge in [-0.25, -0.2) is 4.98 Å². The fourth-order valence-corrected chi connectivity index (χ4v) is 1.21. The first kappa shape index (κ1) is 9.14. The van der Waals surface area contributed by atoms with Crippen molar-refractivity contribution >= 4 is 5.91 Å². The molecule has 1 aromatic rings. The van der Waals surface area contributed by atoms with E-state index in [0.717, 1.165) is 12.8 Å². The average Bonchev–Trinajstić information content (AvgIpc) is 2.80. The van der Waals surface area contributed by atoms with Crippen molar-refractivity contribution in [3.8, 4) is 0 Å². The number of carbonyl (C=O) groups excluding carboxylic acids is 1. The highest BCUT2D eigenvalue weighted by atomic mass is 16.3. The molecular weight excluding hydrogens is 184 g/mol. The van der Waals surface area contributed by atoms with Crippen LogP contribution in [0.15, 0.2) is 0 Å². The van der Waals surface area contributed by atoms with Gasteiger partial charge in [-0.2, -0.15) is 0 Å². The zero-order valence-electron chi connectivity index (χ0n) is 7.87. The Hall–Kier alpha value is -1.43. The van der Waals surface area contributed by atoms with Crippen LogP contribution in [0.1, 0.15) is 29.3 Å². The van der Waals surface area contributed by atoms with Crippen LogP contribution in [0.25, 0.3) is 0 Å². The Balaban J connectivity index is 2.03. The fraction of sp³-hybridized carbons (Fsp3) is 0.625. The quantitative estimate of drug-likeness (QED) is 0.600. The normalized spacial score (nSPS) is 17.9. The lowest BCUT2D eigenvalue weighted by molar-refractivity contribution is 0.0896. The summed E-state index contributed by atoms with van der Waals surface area (Å²) in [6, 6.07) is 0. The van der Waals surface area contributed by atoms with Gasteiger partial charge in [-0.05, 0) is 19.8 Å². The summed E-state index contributed by atoms with van der Waals surface area (Å²) in [5.74, 6) is 0.395. The van der Waals surface area contributed by atoms with Gasteiger partial charge in [0.15, 0.2) is 0 Å². The van der Waals surface area contributed by atoms with Crippen molar-refractivity contribution in [2.75, 3.05) is 6.61 Å². The maximum Gasteiger partial charge on any atom is 0.291 e. The van der Waals surface area contributed by atoms with Crippen molar-refractivity contribution in [1.82, 2.24) is 20.5 Å². The second-order valence-corrected chi connectivity index (χ2v) is 3.64. The van der Waals surface area contributed by atoms with Crippen molar-refractivity contribution in [3.05, 3.63) is 11.6 Å². The van der Waals surface area contributed by atoms with Gasteiger partial charge in [-0.1, -0.05) is 0 Å². The summed E-state index contributed by atoms with van der Waals surface area (Å²) in [6.07, 6.45) is 1.64. The van der Waals surface area contributed by atoms with Crippen LogP contribution in [-0.4, -0.2) is 38.3 Å². The van der Waals surface area contributed by atoms with E-state index in [9.17, 15) is 4.79 Å². The van der Waals surface area contributed by atoms with Crippen molar-refractivity contribution in [2.24, 2.45) is 0 Å². The second kappa shape index (κ2) is 3.06. The van der Waals surface area contributed by atoms with Gasteiger partial charge < -0.3 is 10.4 Å². The molecule has 14 heavy (non-hydrogen) atoms. The molecule has 1 fully saturated rings. The fourth-order valence-electron chi connectivity index (χ4n) is 1.21. The summed E-state index contributed by atoms with van der Waals surface area (Å²) in [5, 5.41) is 18.0. The molecule has 0 atom stereocenters. The topological polar surface area (TPSA) is 90.9 Å². The van der Waals surface area contributed by atoms with Gasteiger partial charge in [0.2, 0.25) is 5.82 Å². The Morgan fingerprint density at radius 2 is 2.43 bits per heavy atom. The number of amides is 1. The number of aliphatic hydroxyl groups is 1. The summed E-state index contributed by atoms with van der Waals surface area (Å²) in [7, 11) is 0. The number of carbonyl (C=O) groups is 1. The summed E-state index contributed by atoms with van der Waals surface area (Å²) < 4.78 is 0. The highest BCUT2D eigenvalue weighted by Gasteiger charge is 2.44. The van der Waals surface area contributed by atoms with Gasteiger partial charge in [-0.3, -0.25) is 9.89 Å². The van der Waals surface area contributed by atoms with E-state index in [-0.39, 0.29) is 18.3 Å². The molecule has 0 aliphatic heterocycles. The lowest BCUT2D eigenvalue weighted by Gasteiger charge is -2.11. The number of rotatable bonds is 3. The molecular formula is C8H12N4O2. The number of aryl methyl sites for hydroxylation is 1. The molecule has 2 rings (SSSR count). The molecule has 1 amide bonds.